The van der Waals surface area contributed by atoms with Crippen LogP contribution in [0.5, 0.6) is 0 Å². The van der Waals surface area contributed by atoms with Crippen LogP contribution in [0.4, 0.5) is 9.59 Å². The summed E-state index contributed by atoms with van der Waals surface area (Å²) in [6.07, 6.45) is 5.44. The second-order valence-corrected chi connectivity index (χ2v) is 22.6. The van der Waals surface area contributed by atoms with E-state index in [0.717, 1.165) is 43.2 Å². The lowest BCUT2D eigenvalue weighted by Crippen LogP contribution is -2.43. The number of carboxylic acids is 5. The average molecular weight is 1080 g/mol. The summed E-state index contributed by atoms with van der Waals surface area (Å²) in [5, 5.41) is 48.8. The molecule has 2 rings (SSSR count). The van der Waals surface area contributed by atoms with E-state index in [1.54, 1.807) is 0 Å². The van der Waals surface area contributed by atoms with Crippen molar-refractivity contribution in [3.05, 3.63) is 71.8 Å². The molecule has 438 valence electrons. The molecule has 0 aliphatic carbocycles. The third kappa shape index (κ3) is 39.6. The number of nitrogens with two attached hydrogens (primary N) is 3. The SMILES string of the molecule is C.CCC(C)(C)CC(N)C(=O)O.CCC(C)(C)CC(N)C(=O)O.CCC(C)(C)C[C@@H](NC(=O)OCc1ccccc1)C(=O)O.CCC(C)(C)C[C@H](N)C(=O)O.CCC(C)(C)C[C@H](NC(=O)OCc1ccccc1)C(=O)O. The summed E-state index contributed by atoms with van der Waals surface area (Å²) in [5.41, 5.74) is 17.7. The molecule has 0 bridgehead atoms. The Morgan fingerprint density at radius 1 is 0.408 bits per heavy atom. The Kier molecular flexibility index (Phi) is 38.2. The topological polar surface area (TPSA) is 341 Å². The van der Waals surface area contributed by atoms with Crippen molar-refractivity contribution in [1.29, 1.82) is 0 Å². The maximum absolute atomic E-state index is 11.7. The van der Waals surface area contributed by atoms with Gasteiger partial charge >= 0.3 is 42.0 Å². The van der Waals surface area contributed by atoms with Gasteiger partial charge in [0.25, 0.3) is 0 Å². The number of ether oxygens (including phenoxy) is 2. The van der Waals surface area contributed by atoms with Gasteiger partial charge in [-0.25, -0.2) is 19.2 Å². The molecule has 2 unspecified atom stereocenters. The zero-order chi connectivity index (χ0) is 59.0. The van der Waals surface area contributed by atoms with Gasteiger partial charge in [0, 0.05) is 0 Å². The van der Waals surface area contributed by atoms with Crippen molar-refractivity contribution in [3.63, 3.8) is 0 Å². The van der Waals surface area contributed by atoms with E-state index in [1.165, 1.54) is 0 Å². The van der Waals surface area contributed by atoms with Gasteiger partial charge in [-0.3, -0.25) is 14.4 Å². The summed E-state index contributed by atoms with van der Waals surface area (Å²) in [6.45, 7) is 30.4. The number of alkyl carbamates (subject to hydrolysis) is 2. The minimum absolute atomic E-state index is 0. The number of aliphatic carboxylic acids is 5. The van der Waals surface area contributed by atoms with Gasteiger partial charge in [-0.15, -0.1) is 0 Å². The Labute approximate surface area is 454 Å². The second kappa shape index (κ2) is 37.9. The molecule has 5 atom stereocenters. The average Bonchev–Trinajstić information content (AvgIpc) is 3.33. The lowest BCUT2D eigenvalue weighted by molar-refractivity contribution is -0.141. The fourth-order valence-corrected chi connectivity index (χ4v) is 6.09. The molecule has 2 amide bonds. The summed E-state index contributed by atoms with van der Waals surface area (Å²) in [7, 11) is 0. The minimum Gasteiger partial charge on any atom is -0.480 e. The molecule has 0 aliphatic heterocycles. The lowest BCUT2D eigenvalue weighted by Gasteiger charge is -2.26. The highest BCUT2D eigenvalue weighted by molar-refractivity contribution is 5.80. The van der Waals surface area contributed by atoms with Crippen molar-refractivity contribution >= 4 is 42.0 Å². The van der Waals surface area contributed by atoms with Gasteiger partial charge in [-0.1, -0.05) is 204 Å². The number of carbonyl (C=O) groups excluding carboxylic acids is 2. The quantitative estimate of drug-likeness (QED) is 0.0418. The minimum atomic E-state index is -1.05. The monoisotopic (exact) mass is 1080 g/mol. The lowest BCUT2D eigenvalue weighted by atomic mass is 9.83. The molecule has 19 heteroatoms. The van der Waals surface area contributed by atoms with E-state index in [4.69, 9.17) is 42.0 Å². The van der Waals surface area contributed by atoms with E-state index in [1.807, 2.05) is 165 Å². The molecule has 0 aliphatic rings. The molecule has 0 saturated heterocycles. The molecular weight excluding hydrogens is 979 g/mol. The standard InChI is InChI=1S/2C16H23NO4.3C8H17NO2.CH4/c2*1-4-16(2,3)10-13(14(18)19)17-15(20)21-11-12-8-6-5-7-9-12;3*1-4-8(2,3)5-6(9)7(10)11;/h2*5-9,13H,4,10-11H2,1-3H3,(H,17,20)(H,18,19);3*6H,4-5,9H2,1-3H3,(H,10,11);1H4/t2*13-;6-;;;/m100.../s1. The number of carbonyl (C=O) groups is 7. The van der Waals surface area contributed by atoms with Crippen molar-refractivity contribution in [2.24, 2.45) is 44.3 Å². The molecule has 0 heterocycles. The van der Waals surface area contributed by atoms with Crippen molar-refractivity contribution < 1.29 is 68.6 Å². The first-order valence-electron chi connectivity index (χ1n) is 25.7. The molecule has 2 aromatic carbocycles. The third-order valence-electron chi connectivity index (χ3n) is 13.2. The fourth-order valence-electron chi connectivity index (χ4n) is 6.09. The summed E-state index contributed by atoms with van der Waals surface area (Å²) in [6, 6.07) is 14.4. The summed E-state index contributed by atoms with van der Waals surface area (Å²) in [4.78, 5) is 77.0. The van der Waals surface area contributed by atoms with Crippen LogP contribution in [-0.4, -0.2) is 97.8 Å². The predicted octanol–water partition coefficient (Wildman–Crippen LogP) is 10.7. The van der Waals surface area contributed by atoms with Crippen LogP contribution in [-0.2, 0) is 46.7 Å². The highest BCUT2D eigenvalue weighted by Gasteiger charge is 2.30. The van der Waals surface area contributed by atoms with Crippen LogP contribution in [0.1, 0.15) is 187 Å². The summed E-state index contributed by atoms with van der Waals surface area (Å²) in [5.74, 6) is -4.83. The number of benzene rings is 2. The molecule has 19 nitrogen and oxygen atoms in total. The van der Waals surface area contributed by atoms with Crippen LogP contribution in [0.2, 0.25) is 0 Å². The van der Waals surface area contributed by atoms with Crippen LogP contribution in [0.3, 0.4) is 0 Å². The molecule has 2 aromatic rings. The molecule has 13 N–H and O–H groups in total. The van der Waals surface area contributed by atoms with Gasteiger partial charge in [0.15, 0.2) is 0 Å². The molecule has 0 fully saturated rings. The molecule has 0 radical (unpaired) electrons. The van der Waals surface area contributed by atoms with Gasteiger partial charge in [-0.2, -0.15) is 0 Å². The van der Waals surface area contributed by atoms with E-state index in [2.05, 4.69) is 10.6 Å². The molecular formula is C57H101N5O14. The number of carboxylic acid groups (broad SMARTS) is 5. The third-order valence-corrected chi connectivity index (χ3v) is 13.2. The van der Waals surface area contributed by atoms with E-state index >= 15 is 0 Å². The maximum atomic E-state index is 11.7. The normalized spacial score (nSPS) is 13.2. The number of amides is 2. The Bertz CT molecular complexity index is 1810. The smallest absolute Gasteiger partial charge is 0.408 e. The van der Waals surface area contributed by atoms with Crippen LogP contribution >= 0.6 is 0 Å². The Morgan fingerprint density at radius 3 is 0.803 bits per heavy atom. The van der Waals surface area contributed by atoms with E-state index < -0.39 is 72.2 Å². The van der Waals surface area contributed by atoms with Crippen molar-refractivity contribution in [2.75, 3.05) is 0 Å². The van der Waals surface area contributed by atoms with Crippen LogP contribution in [0, 0.1) is 27.1 Å². The zero-order valence-electron chi connectivity index (χ0n) is 47.8. The first kappa shape index (κ1) is 76.7. The molecule has 0 aromatic heterocycles. The molecule has 0 spiro atoms. The van der Waals surface area contributed by atoms with Gasteiger partial charge < -0.3 is 62.8 Å². The van der Waals surface area contributed by atoms with Crippen molar-refractivity contribution in [3.8, 4) is 0 Å². The second-order valence-electron chi connectivity index (χ2n) is 22.6. The Morgan fingerprint density at radius 2 is 0.618 bits per heavy atom. The maximum Gasteiger partial charge on any atom is 0.408 e. The first-order chi connectivity index (χ1) is 34.3. The van der Waals surface area contributed by atoms with Gasteiger partial charge in [0.1, 0.15) is 43.4 Å². The molecule has 76 heavy (non-hydrogen) atoms. The van der Waals surface area contributed by atoms with E-state index in [9.17, 15) is 43.8 Å². The van der Waals surface area contributed by atoms with Gasteiger partial charge in [-0.05, 0) is 70.3 Å². The highest BCUT2D eigenvalue weighted by Crippen LogP contribution is 2.29. The first-order valence-corrected chi connectivity index (χ1v) is 25.7. The van der Waals surface area contributed by atoms with Gasteiger partial charge in [0.05, 0.1) is 0 Å². The van der Waals surface area contributed by atoms with E-state index in [0.29, 0.717) is 32.1 Å². The largest absolute Gasteiger partial charge is 0.480 e. The van der Waals surface area contributed by atoms with Crippen LogP contribution in [0.15, 0.2) is 60.7 Å². The van der Waals surface area contributed by atoms with Crippen LogP contribution < -0.4 is 27.8 Å². The van der Waals surface area contributed by atoms with Crippen molar-refractivity contribution in [2.45, 2.75) is 219 Å². The summed E-state index contributed by atoms with van der Waals surface area (Å²) < 4.78 is 10.1. The number of rotatable bonds is 26. The van der Waals surface area contributed by atoms with Gasteiger partial charge in [0.2, 0.25) is 0 Å². The highest BCUT2D eigenvalue weighted by atomic mass is 16.6. The number of hydrogen-bond donors (Lipinski definition) is 10. The summed E-state index contributed by atoms with van der Waals surface area (Å²) >= 11 is 0. The predicted molar refractivity (Wildman–Crippen MR) is 299 cm³/mol. The Hall–Kier alpha value is -5.79. The van der Waals surface area contributed by atoms with E-state index in [-0.39, 0.29) is 47.7 Å². The zero-order valence-corrected chi connectivity index (χ0v) is 47.8. The molecule has 0 saturated carbocycles. The van der Waals surface area contributed by atoms with Crippen molar-refractivity contribution in [1.82, 2.24) is 10.6 Å². The number of nitrogens with one attached hydrogen (secondary N) is 2. The Balaban J connectivity index is -0.000000441. The van der Waals surface area contributed by atoms with Crippen LogP contribution in [0.25, 0.3) is 0 Å². The number of hydrogen-bond acceptors (Lipinski definition) is 12. The fraction of sp³-hybridized carbons (Fsp3) is 0.667.